The van der Waals surface area contributed by atoms with Gasteiger partial charge >= 0.3 is 34.1 Å². The molecule has 0 aliphatic carbocycles. The molecule has 66 valence electrons. The Balaban J connectivity index is -0.000000320. The molecule has 0 aromatic rings. The molecule has 0 rings (SSSR count). The molecule has 11 heteroatoms. The van der Waals surface area contributed by atoms with Gasteiger partial charge in [0.25, 0.3) is 0 Å². The zero-order valence-corrected chi connectivity index (χ0v) is 8.46. The minimum atomic E-state index is -5.68. The maximum atomic E-state index is 9.32. The Morgan fingerprint density at radius 1 is 0.818 bits per heavy atom. The van der Waals surface area contributed by atoms with Gasteiger partial charge in [0.05, 0.1) is 15.6 Å². The first kappa shape index (κ1) is 18.2. The number of phosphoric acid groups is 2. The zero-order chi connectivity index (χ0) is 7.71. The van der Waals surface area contributed by atoms with E-state index >= 15 is 0 Å². The smallest absolute Gasteiger partial charge is 0.790 e. The average Bonchev–Trinajstić information content (AvgIpc) is 1.14. The second kappa shape index (κ2) is 5.86. The van der Waals surface area contributed by atoms with Crippen LogP contribution in [0.5, 0.6) is 0 Å². The van der Waals surface area contributed by atoms with E-state index in [9.17, 15) is 28.7 Å². The topological polar surface area (TPSA) is 136 Å². The first-order chi connectivity index (χ1) is 3.71. The van der Waals surface area contributed by atoms with Gasteiger partial charge in [0, 0.05) is 0 Å². The fourth-order valence-electron chi connectivity index (χ4n) is 0.122. The van der Waals surface area contributed by atoms with E-state index in [1.165, 1.54) is 0 Å². The van der Waals surface area contributed by atoms with Crippen LogP contribution in [0.25, 0.3) is 0 Å². The van der Waals surface area contributed by atoms with E-state index in [1.807, 2.05) is 0 Å². The van der Waals surface area contributed by atoms with Crippen molar-refractivity contribution in [3.05, 3.63) is 0 Å². The van der Waals surface area contributed by atoms with Crippen molar-refractivity contribution >= 4 is 15.6 Å². The largest absolute Gasteiger partial charge is 3.00 e. The van der Waals surface area contributed by atoms with Crippen LogP contribution in [0, 0.1) is 0 Å². The standard InChI is InChI=1S/2Fe.H4O7P2/c;;1-8(2,3)7-9(4,5)6/h;;(H2,1,2,3)(H2,4,5,6)/q2*+3;/p-4. The van der Waals surface area contributed by atoms with Gasteiger partial charge in [-0.05, 0) is 0 Å². The van der Waals surface area contributed by atoms with Crippen LogP contribution < -0.4 is 19.6 Å². The Labute approximate surface area is 83.0 Å². The predicted octanol–water partition coefficient (Wildman–Crippen LogP) is -3.34. The van der Waals surface area contributed by atoms with Crippen molar-refractivity contribution in [1.82, 2.24) is 0 Å². The maximum absolute atomic E-state index is 9.32. The van der Waals surface area contributed by atoms with Gasteiger partial charge in [-0.2, -0.15) is 0 Å². The first-order valence-electron chi connectivity index (χ1n) is 1.46. The second-order valence-electron chi connectivity index (χ2n) is 0.976. The SMILES string of the molecule is O=P([O-])([O-])OP(=O)([O-])[O-].[Fe+3].[Fe+3]. The van der Waals surface area contributed by atoms with E-state index in [-0.39, 0.29) is 34.1 Å². The van der Waals surface area contributed by atoms with Gasteiger partial charge in [-0.3, -0.25) is 0 Å². The molecule has 0 saturated heterocycles. The van der Waals surface area contributed by atoms with Crippen molar-refractivity contribution in [2.24, 2.45) is 0 Å². The molecular weight excluding hydrogens is 286 g/mol. The molecule has 0 heterocycles. The summed E-state index contributed by atoms with van der Waals surface area (Å²) < 4.78 is 21.2. The van der Waals surface area contributed by atoms with Crippen LogP contribution in [-0.4, -0.2) is 0 Å². The van der Waals surface area contributed by atoms with Gasteiger partial charge in [-0.1, -0.05) is 0 Å². The molecule has 0 unspecified atom stereocenters. The van der Waals surface area contributed by atoms with Crippen LogP contribution in [-0.2, 0) is 47.6 Å². The summed E-state index contributed by atoms with van der Waals surface area (Å²) in [6, 6.07) is 0. The Kier molecular flexibility index (Phi) is 9.68. The Bertz CT molecular complexity index is 155. The predicted molar refractivity (Wildman–Crippen MR) is 16.3 cm³/mol. The summed E-state index contributed by atoms with van der Waals surface area (Å²) in [5.74, 6) is 0. The van der Waals surface area contributed by atoms with E-state index < -0.39 is 15.6 Å². The van der Waals surface area contributed by atoms with E-state index in [4.69, 9.17) is 0 Å². The third-order valence-corrected chi connectivity index (χ3v) is 1.80. The number of hydrogen-bond donors (Lipinski definition) is 0. The van der Waals surface area contributed by atoms with E-state index in [0.717, 1.165) is 0 Å². The molecular formula is Fe2O7P2+2. The Morgan fingerprint density at radius 3 is 1.00 bits per heavy atom. The molecule has 0 amide bonds. The molecule has 0 saturated carbocycles. The normalized spacial score (nSPS) is 11.3. The number of rotatable bonds is 2. The molecule has 0 aliphatic rings. The van der Waals surface area contributed by atoms with E-state index in [2.05, 4.69) is 4.31 Å². The monoisotopic (exact) mass is 286 g/mol. The zero-order valence-electron chi connectivity index (χ0n) is 4.46. The molecule has 0 aliphatic heterocycles. The first-order valence-corrected chi connectivity index (χ1v) is 4.38. The molecule has 0 bridgehead atoms. The molecule has 0 N–H and O–H groups in total. The van der Waals surface area contributed by atoms with E-state index in [0.29, 0.717) is 0 Å². The molecule has 11 heavy (non-hydrogen) atoms. The van der Waals surface area contributed by atoms with Crippen LogP contribution >= 0.6 is 15.6 Å². The minimum Gasteiger partial charge on any atom is -0.790 e. The quantitative estimate of drug-likeness (QED) is 0.382. The van der Waals surface area contributed by atoms with Crippen LogP contribution in [0.3, 0.4) is 0 Å². The molecule has 0 aromatic heterocycles. The van der Waals surface area contributed by atoms with Crippen LogP contribution in [0.2, 0.25) is 0 Å². The van der Waals surface area contributed by atoms with Crippen LogP contribution in [0.1, 0.15) is 0 Å². The van der Waals surface area contributed by atoms with Gasteiger partial charge in [0.15, 0.2) is 0 Å². The van der Waals surface area contributed by atoms with Crippen molar-refractivity contribution in [3.63, 3.8) is 0 Å². The van der Waals surface area contributed by atoms with Crippen LogP contribution in [0.15, 0.2) is 0 Å². The molecule has 7 nitrogen and oxygen atoms in total. The van der Waals surface area contributed by atoms with Crippen molar-refractivity contribution in [1.29, 1.82) is 0 Å². The fraction of sp³-hybridized carbons (Fsp3) is 0. The second-order valence-corrected chi connectivity index (χ2v) is 3.42. The van der Waals surface area contributed by atoms with Crippen LogP contribution in [0.4, 0.5) is 0 Å². The summed E-state index contributed by atoms with van der Waals surface area (Å²) in [6.07, 6.45) is 0. The summed E-state index contributed by atoms with van der Waals surface area (Å²) in [6.45, 7) is 0. The Hall–Kier alpha value is 1.30. The third kappa shape index (κ3) is 18.3. The molecule has 0 aromatic carbocycles. The summed E-state index contributed by atoms with van der Waals surface area (Å²) in [5.41, 5.74) is 0. The van der Waals surface area contributed by atoms with Gasteiger partial charge < -0.3 is 33.0 Å². The van der Waals surface area contributed by atoms with Gasteiger partial charge in [0.2, 0.25) is 0 Å². The molecule has 0 atom stereocenters. The maximum Gasteiger partial charge on any atom is 3.00 e. The Morgan fingerprint density at radius 2 is 1.00 bits per heavy atom. The van der Waals surface area contributed by atoms with Crippen molar-refractivity contribution < 1.29 is 67.2 Å². The average molecular weight is 286 g/mol. The summed E-state index contributed by atoms with van der Waals surface area (Å²) >= 11 is 0. The third-order valence-electron chi connectivity index (χ3n) is 0.200. The van der Waals surface area contributed by atoms with Crippen molar-refractivity contribution in [2.45, 2.75) is 0 Å². The summed E-state index contributed by atoms with van der Waals surface area (Å²) in [4.78, 5) is 37.3. The van der Waals surface area contributed by atoms with Gasteiger partial charge in [0.1, 0.15) is 0 Å². The molecule has 2 radical (unpaired) electrons. The fourth-order valence-corrected chi connectivity index (χ4v) is 1.10. The molecule has 0 spiro atoms. The van der Waals surface area contributed by atoms with Crippen molar-refractivity contribution in [2.75, 3.05) is 0 Å². The molecule has 0 fully saturated rings. The van der Waals surface area contributed by atoms with E-state index in [1.54, 1.807) is 0 Å². The summed E-state index contributed by atoms with van der Waals surface area (Å²) in [5, 5.41) is 0. The number of hydrogen-bond acceptors (Lipinski definition) is 7. The van der Waals surface area contributed by atoms with Gasteiger partial charge in [-0.15, -0.1) is 0 Å². The van der Waals surface area contributed by atoms with Crippen molar-refractivity contribution in [3.8, 4) is 0 Å². The van der Waals surface area contributed by atoms with Gasteiger partial charge in [-0.25, -0.2) is 0 Å². The summed E-state index contributed by atoms with van der Waals surface area (Å²) in [7, 11) is -11.4. The minimum absolute atomic E-state index is 0.